The number of hydrogen-bond donors (Lipinski definition) is 0. The van der Waals surface area contributed by atoms with E-state index in [0.29, 0.717) is 37.9 Å². The topological polar surface area (TPSA) is 36.9 Å². The molecule has 0 N–H and O–H groups in total. The third kappa shape index (κ3) is 7.62. The van der Waals surface area contributed by atoms with Gasteiger partial charge in [-0.2, -0.15) is 0 Å². The lowest BCUT2D eigenvalue weighted by molar-refractivity contribution is 0.223. The van der Waals surface area contributed by atoms with Crippen molar-refractivity contribution in [2.24, 2.45) is 0 Å². The Bertz CT molecular complexity index is 1290. The van der Waals surface area contributed by atoms with Crippen LogP contribution < -0.4 is 18.9 Å². The van der Waals surface area contributed by atoms with E-state index in [1.165, 1.54) is 10.8 Å². The summed E-state index contributed by atoms with van der Waals surface area (Å²) >= 11 is 0. The van der Waals surface area contributed by atoms with Gasteiger partial charge in [0.15, 0.2) is 11.5 Å². The minimum absolute atomic E-state index is 0.622. The molecule has 228 valence electrons. The summed E-state index contributed by atoms with van der Waals surface area (Å²) in [5.74, 6) is 3.01. The Morgan fingerprint density at radius 1 is 0.357 bits per heavy atom. The molecule has 0 radical (unpaired) electrons. The van der Waals surface area contributed by atoms with Crippen LogP contribution in [0, 0.1) is 0 Å². The Hall–Kier alpha value is -3.14. The summed E-state index contributed by atoms with van der Waals surface area (Å²) in [4.78, 5) is 0. The molecule has 4 aromatic carbocycles. The molecule has 0 saturated heterocycles. The predicted molar refractivity (Wildman–Crippen MR) is 179 cm³/mol. The Balaban J connectivity index is 2.04. The van der Waals surface area contributed by atoms with Crippen molar-refractivity contribution in [1.29, 1.82) is 0 Å². The van der Waals surface area contributed by atoms with E-state index in [0.717, 1.165) is 110 Å². The second kappa shape index (κ2) is 17.1. The van der Waals surface area contributed by atoms with Gasteiger partial charge in [-0.15, -0.1) is 0 Å². The molecule has 0 unspecified atom stereocenters. The number of ether oxygens (including phenoxy) is 4. The van der Waals surface area contributed by atoms with Crippen LogP contribution in [0.3, 0.4) is 0 Å². The highest BCUT2D eigenvalue weighted by atomic mass is 16.6. The lowest BCUT2D eigenvalue weighted by Gasteiger charge is -2.25. The van der Waals surface area contributed by atoms with Crippen molar-refractivity contribution in [3.05, 3.63) is 48.5 Å². The zero-order valence-corrected chi connectivity index (χ0v) is 26.6. The monoisotopic (exact) mass is 572 g/mol. The van der Waals surface area contributed by atoms with Gasteiger partial charge in [0.1, 0.15) is 0 Å². The van der Waals surface area contributed by atoms with Gasteiger partial charge in [-0.3, -0.25) is 0 Å². The number of fused-ring (bicyclic) bond motifs is 6. The number of benzene rings is 4. The maximum Gasteiger partial charge on any atom is 0.208 e. The maximum atomic E-state index is 6.77. The van der Waals surface area contributed by atoms with Crippen molar-refractivity contribution in [1.82, 2.24) is 0 Å². The van der Waals surface area contributed by atoms with E-state index in [1.54, 1.807) is 0 Å². The van der Waals surface area contributed by atoms with Gasteiger partial charge in [-0.1, -0.05) is 128 Å². The van der Waals surface area contributed by atoms with Gasteiger partial charge in [0.25, 0.3) is 0 Å². The molecule has 42 heavy (non-hydrogen) atoms. The molecule has 0 fully saturated rings. The third-order valence-electron chi connectivity index (χ3n) is 7.98. The molecule has 0 aliphatic rings. The van der Waals surface area contributed by atoms with Crippen molar-refractivity contribution in [2.75, 3.05) is 26.4 Å². The van der Waals surface area contributed by atoms with Gasteiger partial charge in [0.05, 0.1) is 26.4 Å². The maximum absolute atomic E-state index is 6.77. The fourth-order valence-electron chi connectivity index (χ4n) is 5.69. The normalized spacial score (nSPS) is 11.4. The van der Waals surface area contributed by atoms with Crippen molar-refractivity contribution in [3.8, 4) is 23.0 Å². The van der Waals surface area contributed by atoms with Gasteiger partial charge < -0.3 is 18.9 Å². The van der Waals surface area contributed by atoms with Crippen LogP contribution in [0.25, 0.3) is 32.3 Å². The largest absolute Gasteiger partial charge is 0.489 e. The summed E-state index contributed by atoms with van der Waals surface area (Å²) < 4.78 is 26.9. The standard InChI is InChI=1S/C38H52O4/c1-5-9-17-25-39-35-33-31-23-15-13-21-29(31)30-22-14-16-24-32(30)34(33)36(40-26-18-10-6-2)38(42-28-20-12-8-4)37(35)41-27-19-11-7-3/h13-16,21-24H,5-12,17-20,25-28H2,1-4H3. The molecule has 4 aromatic rings. The zero-order chi connectivity index (χ0) is 29.6. The quantitative estimate of drug-likeness (QED) is 0.0779. The molecule has 0 heterocycles. The molecule has 0 atom stereocenters. The molecule has 0 bridgehead atoms. The van der Waals surface area contributed by atoms with Gasteiger partial charge in [-0.05, 0) is 47.2 Å². The fraction of sp³-hybridized carbons (Fsp3) is 0.526. The molecule has 4 rings (SSSR count). The molecule has 0 amide bonds. The molecule has 0 saturated carbocycles. The average molecular weight is 573 g/mol. The van der Waals surface area contributed by atoms with Gasteiger partial charge in [0, 0.05) is 10.8 Å². The summed E-state index contributed by atoms with van der Waals surface area (Å²) in [5.41, 5.74) is 0. The van der Waals surface area contributed by atoms with Crippen molar-refractivity contribution >= 4 is 32.3 Å². The van der Waals surface area contributed by atoms with Crippen LogP contribution >= 0.6 is 0 Å². The van der Waals surface area contributed by atoms with E-state index in [2.05, 4.69) is 76.2 Å². The first-order valence-corrected chi connectivity index (χ1v) is 16.7. The van der Waals surface area contributed by atoms with Crippen LogP contribution in [-0.2, 0) is 0 Å². The third-order valence-corrected chi connectivity index (χ3v) is 7.98. The number of hydrogen-bond acceptors (Lipinski definition) is 4. The minimum atomic E-state index is 0.622. The summed E-state index contributed by atoms with van der Waals surface area (Å²) in [7, 11) is 0. The predicted octanol–water partition coefficient (Wildman–Crippen LogP) is 11.4. The van der Waals surface area contributed by atoms with Crippen molar-refractivity contribution in [2.45, 2.75) is 105 Å². The van der Waals surface area contributed by atoms with Crippen LogP contribution in [0.5, 0.6) is 23.0 Å². The van der Waals surface area contributed by atoms with Gasteiger partial charge >= 0.3 is 0 Å². The van der Waals surface area contributed by atoms with Crippen LogP contribution in [0.15, 0.2) is 48.5 Å². The summed E-state index contributed by atoms with van der Waals surface area (Å²) in [5, 5.41) is 6.88. The van der Waals surface area contributed by atoms with Crippen LogP contribution in [0.2, 0.25) is 0 Å². The Morgan fingerprint density at radius 3 is 0.952 bits per heavy atom. The molecular formula is C38H52O4. The SMILES string of the molecule is CCCCCOc1c(OCCCCC)c(OCCCCC)c2c3ccccc3c3ccccc3c2c1OCCCCC. The van der Waals surface area contributed by atoms with Gasteiger partial charge in [-0.25, -0.2) is 0 Å². The van der Waals surface area contributed by atoms with E-state index >= 15 is 0 Å². The molecular weight excluding hydrogens is 520 g/mol. The average Bonchev–Trinajstić information content (AvgIpc) is 3.02. The smallest absolute Gasteiger partial charge is 0.208 e. The van der Waals surface area contributed by atoms with Gasteiger partial charge in [0.2, 0.25) is 11.5 Å². The zero-order valence-electron chi connectivity index (χ0n) is 26.6. The molecule has 0 spiro atoms. The highest BCUT2D eigenvalue weighted by Gasteiger charge is 2.28. The number of unbranched alkanes of at least 4 members (excludes halogenated alkanes) is 8. The van der Waals surface area contributed by atoms with E-state index in [-0.39, 0.29) is 0 Å². The second-order valence-electron chi connectivity index (χ2n) is 11.4. The van der Waals surface area contributed by atoms with Crippen molar-refractivity contribution in [3.63, 3.8) is 0 Å². The van der Waals surface area contributed by atoms with Crippen LogP contribution in [-0.4, -0.2) is 26.4 Å². The number of rotatable bonds is 20. The summed E-state index contributed by atoms with van der Waals surface area (Å²) in [6.07, 6.45) is 13.1. The highest BCUT2D eigenvalue weighted by Crippen LogP contribution is 2.55. The first-order chi connectivity index (χ1) is 20.8. The Kier molecular flexibility index (Phi) is 12.9. The summed E-state index contributed by atoms with van der Waals surface area (Å²) in [6.45, 7) is 11.4. The molecule has 0 aliphatic carbocycles. The van der Waals surface area contributed by atoms with Crippen molar-refractivity contribution < 1.29 is 18.9 Å². The lowest BCUT2D eigenvalue weighted by atomic mass is 9.92. The summed E-state index contributed by atoms with van der Waals surface area (Å²) in [6, 6.07) is 17.4. The first-order valence-electron chi connectivity index (χ1n) is 16.7. The van der Waals surface area contributed by atoms with E-state index in [1.807, 2.05) is 0 Å². The lowest BCUT2D eigenvalue weighted by Crippen LogP contribution is -2.10. The Labute approximate surface area is 253 Å². The fourth-order valence-corrected chi connectivity index (χ4v) is 5.69. The van der Waals surface area contributed by atoms with E-state index < -0.39 is 0 Å². The van der Waals surface area contributed by atoms with E-state index in [4.69, 9.17) is 18.9 Å². The first kappa shape index (κ1) is 31.8. The Morgan fingerprint density at radius 2 is 0.643 bits per heavy atom. The van der Waals surface area contributed by atoms with E-state index in [9.17, 15) is 0 Å². The molecule has 4 heteroatoms. The second-order valence-corrected chi connectivity index (χ2v) is 11.4. The minimum Gasteiger partial charge on any atom is -0.489 e. The molecule has 0 aliphatic heterocycles. The van der Waals surface area contributed by atoms with Crippen LogP contribution in [0.4, 0.5) is 0 Å². The highest BCUT2D eigenvalue weighted by molar-refractivity contribution is 6.29. The molecule has 4 nitrogen and oxygen atoms in total. The van der Waals surface area contributed by atoms with Crippen LogP contribution in [0.1, 0.15) is 105 Å². The molecule has 0 aromatic heterocycles.